The maximum Gasteiger partial charge on any atom is 0.308 e. The SMILES string of the molecule is COc1ccc(NS(=O)(=O)c2ccc3c(c2)sc(=O)n3C(C)C)cc1Cl. The van der Waals surface area contributed by atoms with Crippen LogP contribution in [0.15, 0.2) is 46.1 Å². The summed E-state index contributed by atoms with van der Waals surface area (Å²) < 4.78 is 35.2. The topological polar surface area (TPSA) is 77.4 Å². The summed E-state index contributed by atoms with van der Waals surface area (Å²) in [6, 6.07) is 9.27. The molecule has 9 heteroatoms. The lowest BCUT2D eigenvalue weighted by Crippen LogP contribution is -2.15. The number of rotatable bonds is 5. The number of benzene rings is 2. The molecule has 6 nitrogen and oxygen atoms in total. The molecule has 0 atom stereocenters. The predicted octanol–water partition coefficient (Wildman–Crippen LogP) is 4.11. The average molecular weight is 413 g/mol. The maximum absolute atomic E-state index is 12.7. The van der Waals surface area contributed by atoms with E-state index < -0.39 is 10.0 Å². The summed E-state index contributed by atoms with van der Waals surface area (Å²) in [5.41, 5.74) is 1.05. The van der Waals surface area contributed by atoms with E-state index in [1.807, 2.05) is 13.8 Å². The lowest BCUT2D eigenvalue weighted by Gasteiger charge is -2.11. The van der Waals surface area contributed by atoms with Crippen LogP contribution in [0.4, 0.5) is 5.69 Å². The minimum atomic E-state index is -3.82. The fraction of sp³-hybridized carbons (Fsp3) is 0.235. The van der Waals surface area contributed by atoms with Crippen molar-refractivity contribution in [1.29, 1.82) is 0 Å². The maximum atomic E-state index is 12.7. The Morgan fingerprint density at radius 2 is 1.92 bits per heavy atom. The summed E-state index contributed by atoms with van der Waals surface area (Å²) in [6.45, 7) is 3.82. The highest BCUT2D eigenvalue weighted by Crippen LogP contribution is 2.29. The number of nitrogens with one attached hydrogen (secondary N) is 1. The third-order valence-electron chi connectivity index (χ3n) is 3.82. The molecule has 0 saturated heterocycles. The van der Waals surface area contributed by atoms with Crippen molar-refractivity contribution >= 4 is 48.9 Å². The number of halogens is 1. The molecule has 1 heterocycles. The highest BCUT2D eigenvalue weighted by molar-refractivity contribution is 7.92. The van der Waals surface area contributed by atoms with Crippen molar-refractivity contribution in [3.05, 3.63) is 51.1 Å². The van der Waals surface area contributed by atoms with Crippen molar-refractivity contribution in [2.75, 3.05) is 11.8 Å². The summed E-state index contributed by atoms with van der Waals surface area (Å²) in [7, 11) is -2.34. The first-order valence-electron chi connectivity index (χ1n) is 7.74. The molecule has 138 valence electrons. The van der Waals surface area contributed by atoms with Gasteiger partial charge in [0.1, 0.15) is 5.75 Å². The Kier molecular flexibility index (Phi) is 5.01. The van der Waals surface area contributed by atoms with E-state index in [4.69, 9.17) is 16.3 Å². The second kappa shape index (κ2) is 6.94. The van der Waals surface area contributed by atoms with Gasteiger partial charge < -0.3 is 4.74 Å². The van der Waals surface area contributed by atoms with Gasteiger partial charge in [0.05, 0.1) is 32.9 Å². The fourth-order valence-electron chi connectivity index (χ4n) is 2.62. The Balaban J connectivity index is 1.99. The van der Waals surface area contributed by atoms with E-state index in [-0.39, 0.29) is 15.8 Å². The van der Waals surface area contributed by atoms with Gasteiger partial charge in [0.2, 0.25) is 0 Å². The average Bonchev–Trinajstić information content (AvgIpc) is 2.89. The first kappa shape index (κ1) is 18.8. The molecule has 0 radical (unpaired) electrons. The molecule has 26 heavy (non-hydrogen) atoms. The number of ether oxygens (including phenoxy) is 1. The number of hydrogen-bond donors (Lipinski definition) is 1. The van der Waals surface area contributed by atoms with E-state index in [0.717, 1.165) is 16.9 Å². The minimum absolute atomic E-state index is 0.00160. The molecular formula is C17H17ClN2O4S2. The smallest absolute Gasteiger partial charge is 0.308 e. The van der Waals surface area contributed by atoms with Crippen LogP contribution in [0.5, 0.6) is 5.75 Å². The van der Waals surface area contributed by atoms with Gasteiger partial charge in [-0.3, -0.25) is 14.1 Å². The van der Waals surface area contributed by atoms with Crippen LogP contribution in [-0.4, -0.2) is 20.1 Å². The summed E-state index contributed by atoms with van der Waals surface area (Å²) in [6.07, 6.45) is 0. The standard InChI is InChI=1S/C17H17ClN2O4S2/c1-10(2)20-14-6-5-12(9-16(14)25-17(20)21)26(22,23)19-11-4-7-15(24-3)13(18)8-11/h4-10,19H,1-3H3. The number of nitrogens with zero attached hydrogens (tertiary/aromatic N) is 1. The number of methoxy groups -OCH3 is 1. The Morgan fingerprint density at radius 1 is 1.19 bits per heavy atom. The Morgan fingerprint density at radius 3 is 2.54 bits per heavy atom. The van der Waals surface area contributed by atoms with Crippen LogP contribution < -0.4 is 14.3 Å². The minimum Gasteiger partial charge on any atom is -0.495 e. The predicted molar refractivity (Wildman–Crippen MR) is 105 cm³/mol. The first-order valence-corrected chi connectivity index (χ1v) is 10.4. The zero-order valence-corrected chi connectivity index (χ0v) is 16.7. The van der Waals surface area contributed by atoms with Gasteiger partial charge in [-0.2, -0.15) is 0 Å². The van der Waals surface area contributed by atoms with Gasteiger partial charge in [0, 0.05) is 6.04 Å². The lowest BCUT2D eigenvalue weighted by atomic mass is 10.3. The summed E-state index contributed by atoms with van der Waals surface area (Å²) in [5, 5.41) is 0.301. The van der Waals surface area contributed by atoms with Gasteiger partial charge in [-0.1, -0.05) is 22.9 Å². The normalized spacial score (nSPS) is 11.9. The van der Waals surface area contributed by atoms with Crippen LogP contribution >= 0.6 is 22.9 Å². The highest BCUT2D eigenvalue weighted by Gasteiger charge is 2.18. The van der Waals surface area contributed by atoms with Crippen molar-refractivity contribution in [3.8, 4) is 5.75 Å². The monoisotopic (exact) mass is 412 g/mol. The van der Waals surface area contributed by atoms with Crippen LogP contribution in [0, 0.1) is 0 Å². The lowest BCUT2D eigenvalue weighted by molar-refractivity contribution is 0.415. The van der Waals surface area contributed by atoms with E-state index in [2.05, 4.69) is 4.72 Å². The van der Waals surface area contributed by atoms with E-state index in [9.17, 15) is 13.2 Å². The Hall–Kier alpha value is -2.03. The molecule has 0 spiro atoms. The molecule has 0 bridgehead atoms. The zero-order valence-electron chi connectivity index (χ0n) is 14.3. The molecule has 0 aliphatic carbocycles. The second-order valence-electron chi connectivity index (χ2n) is 5.92. The summed E-state index contributed by atoms with van der Waals surface area (Å²) >= 11 is 7.07. The largest absolute Gasteiger partial charge is 0.495 e. The molecule has 0 saturated carbocycles. The Bertz CT molecular complexity index is 1130. The summed E-state index contributed by atoms with van der Waals surface area (Å²) in [5.74, 6) is 0.454. The molecule has 0 amide bonds. The number of anilines is 1. The van der Waals surface area contributed by atoms with Crippen molar-refractivity contribution in [1.82, 2.24) is 4.57 Å². The molecule has 0 aliphatic rings. The van der Waals surface area contributed by atoms with E-state index in [0.29, 0.717) is 21.2 Å². The third kappa shape index (κ3) is 3.44. The third-order valence-corrected chi connectivity index (χ3v) is 6.41. The number of hydrogen-bond acceptors (Lipinski definition) is 5. The zero-order chi connectivity index (χ0) is 19.1. The fourth-order valence-corrected chi connectivity index (χ4v) is 5.08. The summed E-state index contributed by atoms with van der Waals surface area (Å²) in [4.78, 5) is 12.1. The van der Waals surface area contributed by atoms with Gasteiger partial charge in [0.15, 0.2) is 0 Å². The van der Waals surface area contributed by atoms with Crippen LogP contribution in [0.3, 0.4) is 0 Å². The number of fused-ring (bicyclic) bond motifs is 1. The highest BCUT2D eigenvalue weighted by atomic mass is 35.5. The number of sulfonamides is 1. The van der Waals surface area contributed by atoms with Crippen LogP contribution in [-0.2, 0) is 10.0 Å². The van der Waals surface area contributed by atoms with Crippen LogP contribution in [0.25, 0.3) is 10.2 Å². The van der Waals surface area contributed by atoms with Crippen molar-refractivity contribution in [2.45, 2.75) is 24.8 Å². The second-order valence-corrected chi connectivity index (χ2v) is 9.00. The molecule has 1 aromatic heterocycles. The van der Waals surface area contributed by atoms with Crippen molar-refractivity contribution in [2.24, 2.45) is 0 Å². The van der Waals surface area contributed by atoms with E-state index >= 15 is 0 Å². The quantitative estimate of drug-likeness (QED) is 0.684. The molecule has 0 unspecified atom stereocenters. The van der Waals surface area contributed by atoms with Crippen molar-refractivity contribution < 1.29 is 13.2 Å². The first-order chi connectivity index (χ1) is 12.2. The van der Waals surface area contributed by atoms with Gasteiger partial charge in [-0.15, -0.1) is 0 Å². The van der Waals surface area contributed by atoms with E-state index in [1.54, 1.807) is 22.8 Å². The molecule has 0 fully saturated rings. The van der Waals surface area contributed by atoms with E-state index in [1.165, 1.54) is 25.3 Å². The van der Waals surface area contributed by atoms with Crippen LogP contribution in [0.2, 0.25) is 5.02 Å². The van der Waals surface area contributed by atoms with Gasteiger partial charge >= 0.3 is 4.87 Å². The number of thiazole rings is 1. The molecule has 0 aliphatic heterocycles. The van der Waals surface area contributed by atoms with Crippen LogP contribution in [0.1, 0.15) is 19.9 Å². The molecular weight excluding hydrogens is 396 g/mol. The molecule has 3 rings (SSSR count). The van der Waals surface area contributed by atoms with Gasteiger partial charge in [-0.25, -0.2) is 8.42 Å². The number of aromatic nitrogens is 1. The molecule has 3 aromatic rings. The van der Waals surface area contributed by atoms with Gasteiger partial charge in [-0.05, 0) is 50.2 Å². The van der Waals surface area contributed by atoms with Crippen molar-refractivity contribution in [3.63, 3.8) is 0 Å². The molecule has 1 N–H and O–H groups in total. The Labute approximate surface area is 160 Å². The molecule has 2 aromatic carbocycles. The van der Waals surface area contributed by atoms with Gasteiger partial charge in [0.25, 0.3) is 10.0 Å².